The molecule has 2 atom stereocenters. The molecule has 14 heteroatoms. The van der Waals surface area contributed by atoms with E-state index < -0.39 is 64.3 Å². The lowest BCUT2D eigenvalue weighted by molar-refractivity contribution is -0.274. The Morgan fingerprint density at radius 1 is 1.31 bits per heavy atom. The van der Waals surface area contributed by atoms with E-state index in [4.69, 9.17) is 15.7 Å². The minimum atomic E-state index is -4.97. The normalized spacial score (nSPS) is 21.8. The number of halogens is 4. The maximum Gasteiger partial charge on any atom is 0.573 e. The van der Waals surface area contributed by atoms with Crippen LogP contribution in [0.15, 0.2) is 41.6 Å². The van der Waals surface area contributed by atoms with E-state index in [-0.39, 0.29) is 11.3 Å². The van der Waals surface area contributed by atoms with Crippen molar-refractivity contribution in [3.63, 3.8) is 0 Å². The lowest BCUT2D eigenvalue weighted by atomic mass is 10.0. The molecular weight excluding hydrogens is 460 g/mol. The number of alkyl halides is 3. The third-order valence-corrected chi connectivity index (χ3v) is 6.39. The zero-order valence-electron chi connectivity index (χ0n) is 16.1. The molecule has 32 heavy (non-hydrogen) atoms. The van der Waals surface area contributed by atoms with Crippen LogP contribution >= 0.6 is 0 Å². The monoisotopic (exact) mass is 476 g/mol. The van der Waals surface area contributed by atoms with Crippen LogP contribution in [0.3, 0.4) is 0 Å². The van der Waals surface area contributed by atoms with E-state index in [1.807, 2.05) is 0 Å². The maximum atomic E-state index is 13.8. The summed E-state index contributed by atoms with van der Waals surface area (Å²) in [6.45, 7) is -1.31. The highest BCUT2D eigenvalue weighted by Gasteiger charge is 2.50. The largest absolute Gasteiger partial charge is 0.573 e. The SMILES string of the molecule is N#Cc1ccc(OC2CN(S(=O)(=O)c3ccc(OC(F)(F)F)cn3)C[C@@]2(O)CN)cc1F. The van der Waals surface area contributed by atoms with Crippen LogP contribution in [-0.2, 0) is 10.0 Å². The summed E-state index contributed by atoms with van der Waals surface area (Å²) in [5, 5.41) is 19.0. The summed E-state index contributed by atoms with van der Waals surface area (Å²) >= 11 is 0. The topological polar surface area (TPSA) is 139 Å². The number of ether oxygens (including phenoxy) is 2. The fraction of sp³-hybridized carbons (Fsp3) is 0.333. The second-order valence-electron chi connectivity index (χ2n) is 6.85. The average Bonchev–Trinajstić information content (AvgIpc) is 3.05. The van der Waals surface area contributed by atoms with E-state index in [1.54, 1.807) is 6.07 Å². The first-order valence-electron chi connectivity index (χ1n) is 8.89. The lowest BCUT2D eigenvalue weighted by Gasteiger charge is -2.27. The first-order valence-corrected chi connectivity index (χ1v) is 10.3. The van der Waals surface area contributed by atoms with Crippen LogP contribution in [-0.4, -0.2) is 60.5 Å². The fourth-order valence-corrected chi connectivity index (χ4v) is 4.44. The third-order valence-electron chi connectivity index (χ3n) is 4.66. The Hall–Kier alpha value is -2.99. The fourth-order valence-electron chi connectivity index (χ4n) is 3.02. The number of β-amino-alcohol motifs (C(OH)–C–C–N with tert-alkyl or cyclic N) is 1. The first-order chi connectivity index (χ1) is 14.9. The molecule has 3 N–H and O–H groups in total. The molecule has 3 rings (SSSR count). The summed E-state index contributed by atoms with van der Waals surface area (Å²) in [5.41, 5.74) is 3.52. The Morgan fingerprint density at radius 3 is 2.53 bits per heavy atom. The number of nitrogens with two attached hydrogens (primary N) is 1. The molecule has 1 saturated heterocycles. The van der Waals surface area contributed by atoms with Crippen molar-refractivity contribution >= 4 is 10.0 Å². The molecule has 0 spiro atoms. The number of benzene rings is 1. The van der Waals surface area contributed by atoms with E-state index in [0.29, 0.717) is 6.20 Å². The predicted octanol–water partition coefficient (Wildman–Crippen LogP) is 1.13. The molecule has 0 saturated carbocycles. The maximum absolute atomic E-state index is 13.8. The highest BCUT2D eigenvalue weighted by atomic mass is 32.2. The van der Waals surface area contributed by atoms with Gasteiger partial charge in [-0.25, -0.2) is 17.8 Å². The smallest absolute Gasteiger partial charge is 0.486 e. The number of rotatable bonds is 6. The molecule has 1 aromatic carbocycles. The molecule has 1 unspecified atom stereocenters. The van der Waals surface area contributed by atoms with E-state index in [1.165, 1.54) is 6.07 Å². The molecule has 1 aliphatic heterocycles. The molecule has 0 radical (unpaired) electrons. The molecule has 1 fully saturated rings. The Bertz CT molecular complexity index is 1140. The Morgan fingerprint density at radius 2 is 2.00 bits per heavy atom. The zero-order valence-corrected chi connectivity index (χ0v) is 16.9. The zero-order chi connectivity index (χ0) is 23.7. The molecule has 2 aromatic rings. The van der Waals surface area contributed by atoms with E-state index in [2.05, 4.69) is 9.72 Å². The van der Waals surface area contributed by atoms with Gasteiger partial charge < -0.3 is 20.3 Å². The number of pyridine rings is 1. The van der Waals surface area contributed by atoms with Gasteiger partial charge in [-0.15, -0.1) is 13.2 Å². The summed E-state index contributed by atoms with van der Waals surface area (Å²) in [4.78, 5) is 3.50. The van der Waals surface area contributed by atoms with Crippen LogP contribution in [0.2, 0.25) is 0 Å². The van der Waals surface area contributed by atoms with Crippen LogP contribution in [0.25, 0.3) is 0 Å². The molecule has 0 amide bonds. The van der Waals surface area contributed by atoms with Crippen molar-refractivity contribution in [1.29, 1.82) is 5.26 Å². The van der Waals surface area contributed by atoms with Gasteiger partial charge in [-0.1, -0.05) is 0 Å². The average molecular weight is 476 g/mol. The van der Waals surface area contributed by atoms with Crippen molar-refractivity contribution in [3.05, 3.63) is 47.9 Å². The number of nitrogens with zero attached hydrogens (tertiary/aromatic N) is 3. The van der Waals surface area contributed by atoms with Crippen molar-refractivity contribution in [2.75, 3.05) is 19.6 Å². The molecule has 1 aromatic heterocycles. The van der Waals surface area contributed by atoms with Crippen molar-refractivity contribution in [3.8, 4) is 17.6 Å². The molecule has 1 aliphatic rings. The number of hydrogen-bond acceptors (Lipinski definition) is 8. The van der Waals surface area contributed by atoms with Gasteiger partial charge in [-0.2, -0.15) is 9.57 Å². The number of sulfonamides is 1. The van der Waals surface area contributed by atoms with Gasteiger partial charge in [-0.3, -0.25) is 0 Å². The quantitative estimate of drug-likeness (QED) is 0.592. The Kier molecular flexibility index (Phi) is 6.29. The molecule has 0 bridgehead atoms. The number of hydrogen-bond donors (Lipinski definition) is 2. The number of aromatic nitrogens is 1. The number of aliphatic hydroxyl groups is 1. The highest BCUT2D eigenvalue weighted by Crippen LogP contribution is 2.31. The molecule has 2 heterocycles. The van der Waals surface area contributed by atoms with Crippen molar-refractivity contribution in [2.24, 2.45) is 5.73 Å². The second-order valence-corrected chi connectivity index (χ2v) is 8.73. The standard InChI is InChI=1S/C18H16F4N4O5S/c19-14-5-12(2-1-11(14)6-23)30-15-8-26(10-17(15,27)9-24)32(28,29)16-4-3-13(7-25-16)31-18(20,21)22/h1-5,7,15,27H,8-10,24H2/t15?,17-/m0/s1. The van der Waals surface area contributed by atoms with E-state index in [0.717, 1.165) is 28.6 Å². The van der Waals surface area contributed by atoms with Crippen LogP contribution in [0.1, 0.15) is 5.56 Å². The third kappa shape index (κ3) is 4.91. The lowest BCUT2D eigenvalue weighted by Crippen LogP contribution is -2.50. The molecule has 172 valence electrons. The Labute approximate surface area is 179 Å². The van der Waals surface area contributed by atoms with Gasteiger partial charge in [0, 0.05) is 19.2 Å². The summed E-state index contributed by atoms with van der Waals surface area (Å²) in [6, 6.07) is 6.59. The van der Waals surface area contributed by atoms with Crippen LogP contribution in [0, 0.1) is 17.1 Å². The molecule has 9 nitrogen and oxygen atoms in total. The minimum absolute atomic E-state index is 0.0654. The van der Waals surface area contributed by atoms with Crippen molar-refractivity contribution in [1.82, 2.24) is 9.29 Å². The van der Waals surface area contributed by atoms with E-state index in [9.17, 15) is 31.1 Å². The Balaban J connectivity index is 1.81. The van der Waals surface area contributed by atoms with Gasteiger partial charge in [0.15, 0.2) is 5.03 Å². The first kappa shape index (κ1) is 23.7. The van der Waals surface area contributed by atoms with Gasteiger partial charge in [0.05, 0.1) is 18.3 Å². The highest BCUT2D eigenvalue weighted by molar-refractivity contribution is 7.89. The summed E-state index contributed by atoms with van der Waals surface area (Å²) in [6.07, 6.45) is -5.58. The van der Waals surface area contributed by atoms with E-state index >= 15 is 0 Å². The minimum Gasteiger partial charge on any atom is -0.486 e. The van der Waals surface area contributed by atoms with Gasteiger partial charge in [0.2, 0.25) is 0 Å². The summed E-state index contributed by atoms with van der Waals surface area (Å²) < 4.78 is 86.4. The van der Waals surface area contributed by atoms with Crippen LogP contribution in [0.5, 0.6) is 11.5 Å². The van der Waals surface area contributed by atoms with Crippen molar-refractivity contribution < 1.29 is 40.6 Å². The summed E-state index contributed by atoms with van der Waals surface area (Å²) in [7, 11) is -4.35. The van der Waals surface area contributed by atoms with Gasteiger partial charge in [0.25, 0.3) is 10.0 Å². The number of nitriles is 1. The molecule has 0 aliphatic carbocycles. The van der Waals surface area contributed by atoms with Crippen molar-refractivity contribution in [2.45, 2.75) is 23.1 Å². The van der Waals surface area contributed by atoms with Gasteiger partial charge >= 0.3 is 6.36 Å². The van der Waals surface area contributed by atoms with Crippen LogP contribution in [0.4, 0.5) is 17.6 Å². The summed E-state index contributed by atoms with van der Waals surface area (Å²) in [5.74, 6) is -1.64. The predicted molar refractivity (Wildman–Crippen MR) is 99.2 cm³/mol. The van der Waals surface area contributed by atoms with Crippen LogP contribution < -0.4 is 15.2 Å². The molecular formula is C18H16F4N4O5S. The van der Waals surface area contributed by atoms with Gasteiger partial charge in [0.1, 0.15) is 35.1 Å². The van der Waals surface area contributed by atoms with Gasteiger partial charge in [-0.05, 0) is 24.3 Å². The second kappa shape index (κ2) is 8.51.